The van der Waals surface area contributed by atoms with E-state index < -0.39 is 0 Å². The van der Waals surface area contributed by atoms with Crippen LogP contribution in [0.1, 0.15) is 18.4 Å². The number of hydrogen-bond acceptors (Lipinski definition) is 3. The zero-order valence-corrected chi connectivity index (χ0v) is 12.9. The maximum atomic E-state index is 11.8. The first-order valence-corrected chi connectivity index (χ1v) is 6.73. The highest BCUT2D eigenvalue weighted by Gasteiger charge is 2.10. The van der Waals surface area contributed by atoms with Gasteiger partial charge in [-0.2, -0.15) is 5.10 Å². The molecule has 2 aromatic rings. The van der Waals surface area contributed by atoms with Gasteiger partial charge in [-0.05, 0) is 25.1 Å². The summed E-state index contributed by atoms with van der Waals surface area (Å²) < 4.78 is 1.81. The molecule has 0 atom stereocenters. The second-order valence-corrected chi connectivity index (χ2v) is 4.77. The summed E-state index contributed by atoms with van der Waals surface area (Å²) in [6, 6.07) is 9.90. The van der Waals surface area contributed by atoms with Crippen LogP contribution in [0.5, 0.6) is 0 Å². The van der Waals surface area contributed by atoms with Crippen molar-refractivity contribution in [1.29, 1.82) is 0 Å². The van der Waals surface area contributed by atoms with Crippen LogP contribution in [0, 0.1) is 0 Å². The van der Waals surface area contributed by atoms with Crippen LogP contribution in [0.25, 0.3) is 5.69 Å². The summed E-state index contributed by atoms with van der Waals surface area (Å²) in [6.45, 7) is 1.11. The lowest BCUT2D eigenvalue weighted by molar-refractivity contribution is -0.130. The summed E-state index contributed by atoms with van der Waals surface area (Å²) in [7, 11) is 1.80. The molecule has 0 unspecified atom stereocenters. The van der Waals surface area contributed by atoms with Crippen molar-refractivity contribution in [2.75, 3.05) is 13.6 Å². The van der Waals surface area contributed by atoms with Crippen LogP contribution in [0.15, 0.2) is 42.7 Å². The molecule has 1 amide bonds. The molecule has 2 N–H and O–H groups in total. The average molecular weight is 309 g/mol. The molecular formula is C15H21ClN4O. The van der Waals surface area contributed by atoms with Crippen LogP contribution in [-0.4, -0.2) is 34.2 Å². The lowest BCUT2D eigenvalue weighted by atomic mass is 10.2. The van der Waals surface area contributed by atoms with Crippen molar-refractivity contribution in [3.05, 3.63) is 48.3 Å². The molecule has 0 saturated heterocycles. The third-order valence-electron chi connectivity index (χ3n) is 3.10. The summed E-state index contributed by atoms with van der Waals surface area (Å²) >= 11 is 0. The number of aromatic nitrogens is 2. The highest BCUT2D eigenvalue weighted by atomic mass is 35.5. The van der Waals surface area contributed by atoms with E-state index in [2.05, 4.69) is 5.10 Å². The predicted octanol–water partition coefficient (Wildman–Crippen LogP) is 1.99. The summed E-state index contributed by atoms with van der Waals surface area (Å²) in [4.78, 5) is 13.5. The van der Waals surface area contributed by atoms with Crippen molar-refractivity contribution in [3.63, 3.8) is 0 Å². The van der Waals surface area contributed by atoms with Gasteiger partial charge >= 0.3 is 0 Å². The third kappa shape index (κ3) is 4.88. The summed E-state index contributed by atoms with van der Waals surface area (Å²) in [6.07, 6.45) is 4.97. The molecule has 0 aliphatic heterocycles. The topological polar surface area (TPSA) is 64.2 Å². The molecule has 21 heavy (non-hydrogen) atoms. The summed E-state index contributed by atoms with van der Waals surface area (Å²) in [5.74, 6) is 0.114. The highest BCUT2D eigenvalue weighted by molar-refractivity contribution is 5.85. The van der Waals surface area contributed by atoms with E-state index in [0.717, 1.165) is 17.7 Å². The Hall–Kier alpha value is -1.85. The average Bonchev–Trinajstić information content (AvgIpc) is 2.94. The van der Waals surface area contributed by atoms with E-state index in [9.17, 15) is 4.79 Å². The number of para-hydroxylation sites is 1. The van der Waals surface area contributed by atoms with E-state index in [4.69, 9.17) is 5.73 Å². The third-order valence-corrected chi connectivity index (χ3v) is 3.10. The van der Waals surface area contributed by atoms with Crippen LogP contribution in [0.3, 0.4) is 0 Å². The zero-order valence-electron chi connectivity index (χ0n) is 12.1. The Morgan fingerprint density at radius 1 is 1.33 bits per heavy atom. The van der Waals surface area contributed by atoms with E-state index >= 15 is 0 Å². The molecule has 1 aromatic heterocycles. The van der Waals surface area contributed by atoms with Gasteiger partial charge < -0.3 is 10.6 Å². The molecule has 5 nitrogen and oxygen atoms in total. The van der Waals surface area contributed by atoms with Crippen LogP contribution < -0.4 is 5.73 Å². The van der Waals surface area contributed by atoms with Crippen molar-refractivity contribution in [1.82, 2.24) is 14.7 Å². The monoisotopic (exact) mass is 308 g/mol. The van der Waals surface area contributed by atoms with Gasteiger partial charge in [0.15, 0.2) is 0 Å². The highest BCUT2D eigenvalue weighted by Crippen LogP contribution is 2.09. The molecule has 0 spiro atoms. The van der Waals surface area contributed by atoms with Crippen molar-refractivity contribution in [2.24, 2.45) is 5.73 Å². The van der Waals surface area contributed by atoms with Crippen molar-refractivity contribution < 1.29 is 4.79 Å². The fraction of sp³-hybridized carbons (Fsp3) is 0.333. The van der Waals surface area contributed by atoms with E-state index in [1.54, 1.807) is 18.1 Å². The normalized spacial score (nSPS) is 10.0. The van der Waals surface area contributed by atoms with Gasteiger partial charge in [-0.1, -0.05) is 18.2 Å². The Morgan fingerprint density at radius 3 is 2.71 bits per heavy atom. The number of carbonyl (C=O) groups excluding carboxylic acids is 1. The standard InChI is InChI=1S/C15H20N4O.ClH/c1-18(15(20)8-5-9-16)11-13-10-17-19(12-13)14-6-3-2-4-7-14;/h2-4,6-7,10,12H,5,8-9,11,16H2,1H3;1H. The number of rotatable bonds is 6. The number of amides is 1. The van der Waals surface area contributed by atoms with E-state index in [-0.39, 0.29) is 18.3 Å². The first-order valence-electron chi connectivity index (χ1n) is 6.73. The molecule has 6 heteroatoms. The van der Waals surface area contributed by atoms with Gasteiger partial charge in [0.1, 0.15) is 0 Å². The first-order chi connectivity index (χ1) is 9.70. The molecular weight excluding hydrogens is 288 g/mol. The minimum atomic E-state index is 0. The lowest BCUT2D eigenvalue weighted by Gasteiger charge is -2.15. The van der Waals surface area contributed by atoms with E-state index in [0.29, 0.717) is 19.5 Å². The molecule has 1 heterocycles. The number of hydrogen-bond donors (Lipinski definition) is 1. The number of carbonyl (C=O) groups is 1. The molecule has 0 fully saturated rings. The van der Waals surface area contributed by atoms with Gasteiger partial charge in [0.25, 0.3) is 0 Å². The Kier molecular flexibility index (Phi) is 6.91. The molecule has 114 valence electrons. The van der Waals surface area contributed by atoms with E-state index in [1.165, 1.54) is 0 Å². The van der Waals surface area contributed by atoms with Gasteiger partial charge in [-0.25, -0.2) is 4.68 Å². The Morgan fingerprint density at radius 2 is 2.05 bits per heavy atom. The van der Waals surface area contributed by atoms with Gasteiger partial charge in [0, 0.05) is 31.8 Å². The van der Waals surface area contributed by atoms with Crippen LogP contribution in [-0.2, 0) is 11.3 Å². The van der Waals surface area contributed by atoms with Crippen molar-refractivity contribution >= 4 is 18.3 Å². The van der Waals surface area contributed by atoms with Gasteiger partial charge in [-0.3, -0.25) is 4.79 Å². The van der Waals surface area contributed by atoms with Crippen molar-refractivity contribution in [3.8, 4) is 5.69 Å². The summed E-state index contributed by atoms with van der Waals surface area (Å²) in [5.41, 5.74) is 7.43. The Bertz CT molecular complexity index is 556. The first kappa shape index (κ1) is 17.2. The van der Waals surface area contributed by atoms with Crippen LogP contribution in [0.2, 0.25) is 0 Å². The second-order valence-electron chi connectivity index (χ2n) is 4.77. The number of nitrogens with two attached hydrogens (primary N) is 1. The van der Waals surface area contributed by atoms with Gasteiger partial charge in [0.05, 0.1) is 11.9 Å². The number of nitrogens with zero attached hydrogens (tertiary/aromatic N) is 3. The lowest BCUT2D eigenvalue weighted by Crippen LogP contribution is -2.26. The maximum absolute atomic E-state index is 11.8. The molecule has 2 rings (SSSR count). The van der Waals surface area contributed by atoms with Gasteiger partial charge in [0.2, 0.25) is 5.91 Å². The SMILES string of the molecule is CN(Cc1cnn(-c2ccccc2)c1)C(=O)CCCN.Cl. The molecule has 1 aromatic carbocycles. The molecule has 0 saturated carbocycles. The largest absolute Gasteiger partial charge is 0.341 e. The number of benzene rings is 1. The Labute approximate surface area is 131 Å². The fourth-order valence-corrected chi connectivity index (χ4v) is 1.97. The predicted molar refractivity (Wildman–Crippen MR) is 85.6 cm³/mol. The minimum Gasteiger partial charge on any atom is -0.341 e. The molecule has 0 radical (unpaired) electrons. The molecule has 0 bridgehead atoms. The quantitative estimate of drug-likeness (QED) is 0.887. The van der Waals surface area contributed by atoms with Crippen LogP contribution in [0.4, 0.5) is 0 Å². The minimum absolute atomic E-state index is 0. The van der Waals surface area contributed by atoms with E-state index in [1.807, 2.05) is 41.2 Å². The van der Waals surface area contributed by atoms with Gasteiger partial charge in [-0.15, -0.1) is 12.4 Å². The number of halogens is 1. The molecule has 0 aliphatic carbocycles. The Balaban J connectivity index is 0.00000220. The van der Waals surface area contributed by atoms with Crippen molar-refractivity contribution in [2.45, 2.75) is 19.4 Å². The zero-order chi connectivity index (χ0) is 14.4. The van der Waals surface area contributed by atoms with Crippen LogP contribution >= 0.6 is 12.4 Å². The second kappa shape index (κ2) is 8.44. The molecule has 0 aliphatic rings. The smallest absolute Gasteiger partial charge is 0.222 e. The fourth-order valence-electron chi connectivity index (χ4n) is 1.97. The maximum Gasteiger partial charge on any atom is 0.222 e. The summed E-state index contributed by atoms with van der Waals surface area (Å²) in [5, 5.41) is 4.32.